The van der Waals surface area contributed by atoms with Gasteiger partial charge in [0.05, 0.1) is 0 Å². The molecule has 0 N–H and O–H groups in total. The normalized spacial score (nSPS) is 6.14. The minimum absolute atomic E-state index is 0.833. The van der Waals surface area contributed by atoms with Gasteiger partial charge in [-0.2, -0.15) is 0 Å². The lowest BCUT2D eigenvalue weighted by Gasteiger charge is -1.79. The SMILES string of the molecule is C#C.C/C=C\C.C=C.CBr.CC(C)C. The molecule has 0 aromatic rings. The molecule has 0 aliphatic rings. The van der Waals surface area contributed by atoms with Crippen molar-refractivity contribution >= 4 is 15.9 Å². The summed E-state index contributed by atoms with van der Waals surface area (Å²) < 4.78 is 0. The summed E-state index contributed by atoms with van der Waals surface area (Å²) in [6.45, 7) is 16.5. The fourth-order valence-electron chi connectivity index (χ4n) is 0. The summed E-state index contributed by atoms with van der Waals surface area (Å²) in [5, 5.41) is 0. The molecule has 1 heteroatoms. The number of terminal acetylenes is 1. The molecular weight excluding hydrogens is 236 g/mol. The van der Waals surface area contributed by atoms with E-state index >= 15 is 0 Å². The van der Waals surface area contributed by atoms with E-state index in [1.165, 1.54) is 0 Å². The van der Waals surface area contributed by atoms with Crippen LogP contribution in [0.1, 0.15) is 34.6 Å². The summed E-state index contributed by atoms with van der Waals surface area (Å²) in [6, 6.07) is 0. The van der Waals surface area contributed by atoms with Crippen LogP contribution in [-0.2, 0) is 0 Å². The highest BCUT2D eigenvalue weighted by Crippen LogP contribution is 1.81. The van der Waals surface area contributed by atoms with Crippen molar-refractivity contribution in [3.8, 4) is 12.8 Å². The number of hydrogen-bond donors (Lipinski definition) is 0. The summed E-state index contributed by atoms with van der Waals surface area (Å²) in [6.07, 6.45) is 12.0. The quantitative estimate of drug-likeness (QED) is 0.316. The van der Waals surface area contributed by atoms with Gasteiger partial charge in [0, 0.05) is 0 Å². The Labute approximate surface area is 101 Å². The molecule has 0 aliphatic carbocycles. The Balaban J connectivity index is -0.0000000255. The van der Waals surface area contributed by atoms with Crippen LogP contribution < -0.4 is 0 Å². The number of allylic oxidation sites excluding steroid dienone is 2. The van der Waals surface area contributed by atoms with Crippen molar-refractivity contribution in [1.82, 2.24) is 0 Å². The molecule has 86 valence electrons. The van der Waals surface area contributed by atoms with Crippen molar-refractivity contribution < 1.29 is 0 Å². The maximum atomic E-state index is 4.00. The Kier molecular flexibility index (Phi) is 170. The van der Waals surface area contributed by atoms with E-state index in [1.54, 1.807) is 0 Å². The predicted molar refractivity (Wildman–Crippen MR) is 77.0 cm³/mol. The molecule has 14 heavy (non-hydrogen) atoms. The highest BCUT2D eigenvalue weighted by atomic mass is 79.9. The van der Waals surface area contributed by atoms with Gasteiger partial charge in [0.15, 0.2) is 0 Å². The van der Waals surface area contributed by atoms with Crippen LogP contribution in [0.15, 0.2) is 25.3 Å². The van der Waals surface area contributed by atoms with Crippen LogP contribution in [0.2, 0.25) is 0 Å². The van der Waals surface area contributed by atoms with Gasteiger partial charge in [-0.05, 0) is 25.6 Å². The molecule has 0 bridgehead atoms. The second kappa shape index (κ2) is 81.3. The zero-order valence-electron chi connectivity index (χ0n) is 10.7. The van der Waals surface area contributed by atoms with Gasteiger partial charge < -0.3 is 0 Å². The van der Waals surface area contributed by atoms with Crippen molar-refractivity contribution in [2.45, 2.75) is 34.6 Å². The number of alkyl halides is 1. The average molecular weight is 263 g/mol. The lowest BCUT2D eigenvalue weighted by Crippen LogP contribution is -1.66. The average Bonchev–Trinajstić information content (AvgIpc) is 2.25. The highest BCUT2D eigenvalue weighted by Gasteiger charge is 1.68. The van der Waals surface area contributed by atoms with E-state index in [4.69, 9.17) is 0 Å². The van der Waals surface area contributed by atoms with E-state index in [9.17, 15) is 0 Å². The zero-order chi connectivity index (χ0) is 13.0. The molecule has 0 heterocycles. The molecule has 0 aromatic heterocycles. The van der Waals surface area contributed by atoms with Crippen LogP contribution in [0.3, 0.4) is 0 Å². The van der Waals surface area contributed by atoms with E-state index in [0.29, 0.717) is 0 Å². The largest absolute Gasteiger partial charge is 0.124 e. The highest BCUT2D eigenvalue weighted by molar-refractivity contribution is 9.08. The zero-order valence-corrected chi connectivity index (χ0v) is 12.3. The summed E-state index contributed by atoms with van der Waals surface area (Å²) in [4.78, 5) is 0. The summed E-state index contributed by atoms with van der Waals surface area (Å²) in [5.74, 6) is 2.65. The third-order valence-electron chi connectivity index (χ3n) is 0.333. The molecule has 0 fully saturated rings. The smallest absolute Gasteiger partial charge is 0.00848 e. The summed E-state index contributed by atoms with van der Waals surface area (Å²) in [7, 11) is 0. The van der Waals surface area contributed by atoms with Crippen LogP contribution in [0.4, 0.5) is 0 Å². The summed E-state index contributed by atoms with van der Waals surface area (Å²) in [5.41, 5.74) is 0. The van der Waals surface area contributed by atoms with Gasteiger partial charge in [-0.3, -0.25) is 0 Å². The Morgan fingerprint density at radius 1 is 0.929 bits per heavy atom. The van der Waals surface area contributed by atoms with Crippen molar-refractivity contribution in [3.05, 3.63) is 25.3 Å². The monoisotopic (exact) mass is 262 g/mol. The number of halogens is 1. The molecule has 0 amide bonds. The van der Waals surface area contributed by atoms with E-state index in [-0.39, 0.29) is 0 Å². The molecule has 0 saturated carbocycles. The van der Waals surface area contributed by atoms with Gasteiger partial charge in [0.2, 0.25) is 0 Å². The Bertz CT molecular complexity index is 73.7. The molecule has 0 spiro atoms. The molecule has 0 rings (SSSR count). The molecule has 0 saturated heterocycles. The van der Waals surface area contributed by atoms with Gasteiger partial charge in [0.1, 0.15) is 0 Å². The first kappa shape index (κ1) is 29.2. The molecule has 0 aromatic carbocycles. The maximum absolute atomic E-state index is 4.00. The second-order valence-corrected chi connectivity index (χ2v) is 2.40. The van der Waals surface area contributed by atoms with Crippen LogP contribution >= 0.6 is 15.9 Å². The van der Waals surface area contributed by atoms with E-state index in [2.05, 4.69) is 62.7 Å². The van der Waals surface area contributed by atoms with Crippen LogP contribution in [0, 0.1) is 18.8 Å². The number of rotatable bonds is 0. The Morgan fingerprint density at radius 3 is 1.00 bits per heavy atom. The fourth-order valence-corrected chi connectivity index (χ4v) is 0. The van der Waals surface area contributed by atoms with Gasteiger partial charge in [-0.1, -0.05) is 48.9 Å². The maximum Gasteiger partial charge on any atom is -0.00848 e. The molecule has 0 aliphatic heterocycles. The Hall–Kier alpha value is -0.480. The summed E-state index contributed by atoms with van der Waals surface area (Å²) >= 11 is 2.94. The van der Waals surface area contributed by atoms with Gasteiger partial charge in [-0.15, -0.1) is 26.0 Å². The van der Waals surface area contributed by atoms with E-state index in [1.807, 2.05) is 31.8 Å². The van der Waals surface area contributed by atoms with Crippen molar-refractivity contribution in [1.29, 1.82) is 0 Å². The van der Waals surface area contributed by atoms with Crippen LogP contribution in [0.5, 0.6) is 0 Å². The van der Waals surface area contributed by atoms with Crippen molar-refractivity contribution in [3.63, 3.8) is 0 Å². The lowest BCUT2D eigenvalue weighted by molar-refractivity contribution is 0.737. The minimum atomic E-state index is 0.833. The first-order valence-electron chi connectivity index (χ1n) is 4.43. The molecule has 0 unspecified atom stereocenters. The first-order chi connectivity index (χ1) is 6.65. The van der Waals surface area contributed by atoms with Crippen molar-refractivity contribution in [2.75, 3.05) is 5.83 Å². The predicted octanol–water partition coefficient (Wildman–Crippen LogP) is 5.31. The second-order valence-electron chi connectivity index (χ2n) is 2.40. The first-order valence-corrected chi connectivity index (χ1v) is 6.02. The minimum Gasteiger partial charge on any atom is -0.124 e. The number of hydrogen-bond acceptors (Lipinski definition) is 0. The van der Waals surface area contributed by atoms with E-state index in [0.717, 1.165) is 5.92 Å². The molecule has 0 radical (unpaired) electrons. The third-order valence-corrected chi connectivity index (χ3v) is 0.333. The Morgan fingerprint density at radius 2 is 1.00 bits per heavy atom. The van der Waals surface area contributed by atoms with Crippen LogP contribution in [-0.4, -0.2) is 5.83 Å². The molecule has 0 atom stereocenters. The fraction of sp³-hybridized carbons (Fsp3) is 0.538. The van der Waals surface area contributed by atoms with Gasteiger partial charge >= 0.3 is 0 Å². The van der Waals surface area contributed by atoms with Crippen molar-refractivity contribution in [2.24, 2.45) is 5.92 Å². The lowest BCUT2D eigenvalue weighted by atomic mass is 10.3. The van der Waals surface area contributed by atoms with Gasteiger partial charge in [0.25, 0.3) is 0 Å². The standard InChI is InChI=1S/C4H10.C4H8.C2H4.C2H2.CH3Br/c1-4(2)3;1-3-4-2;3*1-2/h4H,1-3H3;3-4H,1-2H3;1-2H2;1-2H;1H3/b;4-3-;;;. The van der Waals surface area contributed by atoms with E-state index < -0.39 is 0 Å². The van der Waals surface area contributed by atoms with Gasteiger partial charge in [-0.25, -0.2) is 0 Å². The van der Waals surface area contributed by atoms with Crippen LogP contribution in [0.25, 0.3) is 0 Å². The molecular formula is C13H27Br. The topological polar surface area (TPSA) is 0 Å². The molecule has 0 nitrogen and oxygen atoms in total. The third kappa shape index (κ3) is 4710.